The van der Waals surface area contributed by atoms with Crippen molar-refractivity contribution in [2.45, 2.75) is 13.0 Å². The van der Waals surface area contributed by atoms with Gasteiger partial charge in [-0.05, 0) is 24.6 Å². The number of aliphatic hydroxyl groups is 1. The summed E-state index contributed by atoms with van der Waals surface area (Å²) in [5.41, 5.74) is 7.40. The molecule has 0 fully saturated rings. The van der Waals surface area contributed by atoms with E-state index in [1.54, 1.807) is 6.20 Å². The van der Waals surface area contributed by atoms with E-state index in [0.717, 1.165) is 11.3 Å². The third-order valence-corrected chi connectivity index (χ3v) is 1.51. The maximum atomic E-state index is 8.71. The minimum absolute atomic E-state index is 0.0591. The number of aliphatic hydroxyl groups excluding tert-OH is 1. The fraction of sp³-hybridized carbons (Fsp3) is 0.375. The largest absolute Gasteiger partial charge is 0.394 e. The van der Waals surface area contributed by atoms with E-state index in [1.165, 1.54) is 0 Å². The van der Waals surface area contributed by atoms with Crippen LogP contribution in [0.3, 0.4) is 0 Å². The van der Waals surface area contributed by atoms with Crippen LogP contribution in [0.15, 0.2) is 18.3 Å². The smallest absolute Gasteiger partial charge is 0.0705 e. The van der Waals surface area contributed by atoms with Gasteiger partial charge in [-0.3, -0.25) is 4.98 Å². The van der Waals surface area contributed by atoms with Crippen molar-refractivity contribution >= 4 is 0 Å². The summed E-state index contributed by atoms with van der Waals surface area (Å²) in [7, 11) is 0. The monoisotopic (exact) mass is 152 g/mol. The molecular weight excluding hydrogens is 140 g/mol. The predicted molar refractivity (Wildman–Crippen MR) is 43.0 cm³/mol. The summed E-state index contributed by atoms with van der Waals surface area (Å²) in [6.45, 7) is 1.91. The van der Waals surface area contributed by atoms with E-state index >= 15 is 0 Å². The SMILES string of the molecule is Cc1ccnc([C@H](N)CO)c1. The molecule has 60 valence electrons. The zero-order chi connectivity index (χ0) is 8.27. The van der Waals surface area contributed by atoms with Crippen LogP contribution in [-0.2, 0) is 0 Å². The van der Waals surface area contributed by atoms with Crippen molar-refractivity contribution in [3.8, 4) is 0 Å². The molecule has 11 heavy (non-hydrogen) atoms. The van der Waals surface area contributed by atoms with Crippen molar-refractivity contribution in [2.24, 2.45) is 5.73 Å². The van der Waals surface area contributed by atoms with Crippen LogP contribution in [0.2, 0.25) is 0 Å². The molecule has 0 aromatic carbocycles. The Morgan fingerprint density at radius 3 is 3.00 bits per heavy atom. The maximum absolute atomic E-state index is 8.71. The van der Waals surface area contributed by atoms with E-state index in [9.17, 15) is 0 Å². The second-order valence-electron chi connectivity index (χ2n) is 2.55. The molecule has 0 unspecified atom stereocenters. The number of nitrogens with two attached hydrogens (primary N) is 1. The van der Waals surface area contributed by atoms with Gasteiger partial charge in [-0.15, -0.1) is 0 Å². The highest BCUT2D eigenvalue weighted by Gasteiger charge is 2.04. The molecule has 1 rings (SSSR count). The fourth-order valence-corrected chi connectivity index (χ4v) is 0.856. The number of pyridine rings is 1. The highest BCUT2D eigenvalue weighted by molar-refractivity contribution is 5.16. The molecule has 0 aliphatic heterocycles. The average molecular weight is 152 g/mol. The lowest BCUT2D eigenvalue weighted by molar-refractivity contribution is 0.266. The maximum Gasteiger partial charge on any atom is 0.0705 e. The van der Waals surface area contributed by atoms with E-state index in [2.05, 4.69) is 4.98 Å². The van der Waals surface area contributed by atoms with E-state index in [-0.39, 0.29) is 12.6 Å². The van der Waals surface area contributed by atoms with Crippen molar-refractivity contribution in [1.29, 1.82) is 0 Å². The summed E-state index contributed by atoms with van der Waals surface area (Å²) in [6, 6.07) is 3.42. The van der Waals surface area contributed by atoms with Crippen molar-refractivity contribution < 1.29 is 5.11 Å². The minimum atomic E-state index is -0.352. The molecule has 0 aliphatic rings. The summed E-state index contributed by atoms with van der Waals surface area (Å²) in [4.78, 5) is 4.03. The Morgan fingerprint density at radius 2 is 2.45 bits per heavy atom. The number of hydrogen-bond acceptors (Lipinski definition) is 3. The topological polar surface area (TPSA) is 59.1 Å². The number of aromatic nitrogens is 1. The van der Waals surface area contributed by atoms with Gasteiger partial charge in [0.05, 0.1) is 18.3 Å². The van der Waals surface area contributed by atoms with E-state index in [4.69, 9.17) is 10.8 Å². The van der Waals surface area contributed by atoms with Gasteiger partial charge in [0, 0.05) is 6.20 Å². The lowest BCUT2D eigenvalue weighted by atomic mass is 10.2. The second-order valence-corrected chi connectivity index (χ2v) is 2.55. The molecule has 1 atom stereocenters. The first-order valence-corrected chi connectivity index (χ1v) is 3.53. The zero-order valence-corrected chi connectivity index (χ0v) is 6.49. The van der Waals surface area contributed by atoms with E-state index in [0.29, 0.717) is 0 Å². The number of hydrogen-bond donors (Lipinski definition) is 2. The van der Waals surface area contributed by atoms with Crippen molar-refractivity contribution in [1.82, 2.24) is 4.98 Å². The van der Waals surface area contributed by atoms with Gasteiger partial charge in [-0.25, -0.2) is 0 Å². The molecule has 3 N–H and O–H groups in total. The fourth-order valence-electron chi connectivity index (χ4n) is 0.856. The Hall–Kier alpha value is -0.930. The quantitative estimate of drug-likeness (QED) is 0.644. The van der Waals surface area contributed by atoms with Crippen LogP contribution in [0.4, 0.5) is 0 Å². The summed E-state index contributed by atoms with van der Waals surface area (Å²) >= 11 is 0. The Morgan fingerprint density at radius 1 is 1.73 bits per heavy atom. The van der Waals surface area contributed by atoms with Crippen LogP contribution in [0.1, 0.15) is 17.3 Å². The normalized spacial score (nSPS) is 13.0. The molecule has 0 amide bonds. The lowest BCUT2D eigenvalue weighted by Crippen LogP contribution is -2.15. The molecule has 0 saturated carbocycles. The molecule has 0 aliphatic carbocycles. The summed E-state index contributed by atoms with van der Waals surface area (Å²) in [5, 5.41) is 8.71. The second kappa shape index (κ2) is 3.46. The summed E-state index contributed by atoms with van der Waals surface area (Å²) in [6.07, 6.45) is 1.69. The Kier molecular flexibility index (Phi) is 2.57. The standard InChI is InChI=1S/C8H12N2O/c1-6-2-3-10-8(4-6)7(9)5-11/h2-4,7,11H,5,9H2,1H3/t7-/m1/s1. The van der Waals surface area contributed by atoms with E-state index < -0.39 is 0 Å². The van der Waals surface area contributed by atoms with Gasteiger partial charge >= 0.3 is 0 Å². The first-order valence-electron chi connectivity index (χ1n) is 3.53. The first-order chi connectivity index (χ1) is 5.24. The zero-order valence-electron chi connectivity index (χ0n) is 6.49. The van der Waals surface area contributed by atoms with Gasteiger partial charge in [0.25, 0.3) is 0 Å². The lowest BCUT2D eigenvalue weighted by Gasteiger charge is -2.06. The Labute approximate surface area is 65.9 Å². The predicted octanol–water partition coefficient (Wildman–Crippen LogP) is 0.382. The van der Waals surface area contributed by atoms with Crippen LogP contribution in [0.25, 0.3) is 0 Å². The van der Waals surface area contributed by atoms with Crippen molar-refractivity contribution in [3.63, 3.8) is 0 Å². The number of nitrogens with zero attached hydrogens (tertiary/aromatic N) is 1. The highest BCUT2D eigenvalue weighted by atomic mass is 16.3. The van der Waals surface area contributed by atoms with Crippen molar-refractivity contribution in [2.75, 3.05) is 6.61 Å². The molecule has 0 radical (unpaired) electrons. The molecule has 3 nitrogen and oxygen atoms in total. The van der Waals surface area contributed by atoms with Gasteiger partial charge in [-0.1, -0.05) is 0 Å². The van der Waals surface area contributed by atoms with Crippen LogP contribution in [0, 0.1) is 6.92 Å². The van der Waals surface area contributed by atoms with Gasteiger partial charge in [0.15, 0.2) is 0 Å². The van der Waals surface area contributed by atoms with Gasteiger partial charge in [0.2, 0.25) is 0 Å². The molecule has 0 spiro atoms. The van der Waals surface area contributed by atoms with Crippen LogP contribution >= 0.6 is 0 Å². The molecular formula is C8H12N2O. The molecule has 1 aromatic heterocycles. The summed E-state index contributed by atoms with van der Waals surface area (Å²) in [5.74, 6) is 0. The Balaban J connectivity index is 2.86. The molecule has 0 saturated heterocycles. The minimum Gasteiger partial charge on any atom is -0.394 e. The van der Waals surface area contributed by atoms with Gasteiger partial charge in [-0.2, -0.15) is 0 Å². The first kappa shape index (κ1) is 8.17. The third kappa shape index (κ3) is 2.00. The average Bonchev–Trinajstić information content (AvgIpc) is 2.03. The molecule has 1 aromatic rings. The number of rotatable bonds is 2. The highest BCUT2D eigenvalue weighted by Crippen LogP contribution is 2.06. The van der Waals surface area contributed by atoms with E-state index in [1.807, 2.05) is 19.1 Å². The number of aryl methyl sites for hydroxylation is 1. The third-order valence-electron chi connectivity index (χ3n) is 1.51. The molecule has 0 bridgehead atoms. The molecule has 3 heteroatoms. The van der Waals surface area contributed by atoms with Crippen LogP contribution in [0.5, 0.6) is 0 Å². The van der Waals surface area contributed by atoms with Gasteiger partial charge < -0.3 is 10.8 Å². The van der Waals surface area contributed by atoms with Crippen molar-refractivity contribution in [3.05, 3.63) is 29.6 Å². The van der Waals surface area contributed by atoms with Crippen LogP contribution in [-0.4, -0.2) is 16.7 Å². The summed E-state index contributed by atoms with van der Waals surface area (Å²) < 4.78 is 0. The Bertz CT molecular complexity index is 237. The molecule has 1 heterocycles. The van der Waals surface area contributed by atoms with Crippen LogP contribution < -0.4 is 5.73 Å². The van der Waals surface area contributed by atoms with Gasteiger partial charge in [0.1, 0.15) is 0 Å².